The molecule has 0 aromatic heterocycles. The minimum absolute atomic E-state index is 0.262. The summed E-state index contributed by atoms with van der Waals surface area (Å²) >= 11 is 0. The molecule has 1 N–H and O–H groups in total. The van der Waals surface area contributed by atoms with Crippen molar-refractivity contribution in [1.29, 1.82) is 0 Å². The minimum atomic E-state index is 0.262. The van der Waals surface area contributed by atoms with Gasteiger partial charge in [0, 0.05) is 17.9 Å². The van der Waals surface area contributed by atoms with Crippen molar-refractivity contribution in [1.82, 2.24) is 5.32 Å². The molecule has 0 radical (unpaired) electrons. The lowest BCUT2D eigenvalue weighted by Gasteiger charge is -2.53. The Hall–Kier alpha value is -1.02. The lowest BCUT2D eigenvalue weighted by Crippen LogP contribution is -2.63. The molecule has 0 amide bonds. The topological polar surface area (TPSA) is 21.3 Å². The molecular weight excluding hydrogens is 246 g/mol. The van der Waals surface area contributed by atoms with Crippen LogP contribution in [-0.4, -0.2) is 18.7 Å². The van der Waals surface area contributed by atoms with Crippen LogP contribution in [-0.2, 0) is 6.42 Å². The van der Waals surface area contributed by atoms with Crippen LogP contribution in [0.2, 0.25) is 0 Å². The van der Waals surface area contributed by atoms with Crippen molar-refractivity contribution in [2.24, 2.45) is 5.41 Å². The van der Waals surface area contributed by atoms with Gasteiger partial charge in [-0.25, -0.2) is 0 Å². The van der Waals surface area contributed by atoms with Gasteiger partial charge in [-0.1, -0.05) is 46.2 Å². The van der Waals surface area contributed by atoms with Gasteiger partial charge in [0.1, 0.15) is 11.9 Å². The number of hydrogen-bond donors (Lipinski definition) is 1. The third-order valence-corrected chi connectivity index (χ3v) is 4.93. The van der Waals surface area contributed by atoms with E-state index in [-0.39, 0.29) is 5.41 Å². The second kappa shape index (κ2) is 6.62. The SMILES string of the molecule is CCCc1ccc(OC2CC(NCC)C2(C)CC)cc1. The molecule has 0 bridgehead atoms. The second-order valence-corrected chi connectivity index (χ2v) is 6.21. The van der Waals surface area contributed by atoms with E-state index in [2.05, 4.69) is 57.3 Å². The van der Waals surface area contributed by atoms with Gasteiger partial charge in [-0.15, -0.1) is 0 Å². The van der Waals surface area contributed by atoms with Crippen molar-refractivity contribution in [3.63, 3.8) is 0 Å². The molecule has 1 aromatic rings. The molecule has 0 saturated heterocycles. The zero-order chi connectivity index (χ0) is 14.6. The molecule has 2 nitrogen and oxygen atoms in total. The van der Waals surface area contributed by atoms with Gasteiger partial charge in [-0.05, 0) is 37.1 Å². The van der Waals surface area contributed by atoms with E-state index in [9.17, 15) is 0 Å². The summed E-state index contributed by atoms with van der Waals surface area (Å²) in [6, 6.07) is 9.25. The minimum Gasteiger partial charge on any atom is -0.490 e. The summed E-state index contributed by atoms with van der Waals surface area (Å²) in [7, 11) is 0. The third kappa shape index (κ3) is 3.01. The molecule has 1 fully saturated rings. The summed E-state index contributed by atoms with van der Waals surface area (Å²) in [5.74, 6) is 1.02. The van der Waals surface area contributed by atoms with Crippen LogP contribution in [0.5, 0.6) is 5.75 Å². The zero-order valence-corrected chi connectivity index (χ0v) is 13.4. The maximum Gasteiger partial charge on any atom is 0.119 e. The summed E-state index contributed by atoms with van der Waals surface area (Å²) in [6.07, 6.45) is 4.96. The smallest absolute Gasteiger partial charge is 0.119 e. The highest BCUT2D eigenvalue weighted by Gasteiger charge is 2.51. The van der Waals surface area contributed by atoms with Gasteiger partial charge in [0.15, 0.2) is 0 Å². The summed E-state index contributed by atoms with van der Waals surface area (Å²) in [6.45, 7) is 10.0. The molecule has 2 rings (SSSR count). The number of ether oxygens (including phenoxy) is 1. The van der Waals surface area contributed by atoms with Crippen molar-refractivity contribution in [2.45, 2.75) is 65.5 Å². The van der Waals surface area contributed by atoms with E-state index in [1.54, 1.807) is 0 Å². The van der Waals surface area contributed by atoms with Gasteiger partial charge in [0.25, 0.3) is 0 Å². The summed E-state index contributed by atoms with van der Waals surface area (Å²) in [5.41, 5.74) is 1.66. The molecule has 1 aliphatic carbocycles. The fourth-order valence-electron chi connectivity index (χ4n) is 3.22. The largest absolute Gasteiger partial charge is 0.490 e. The molecule has 1 saturated carbocycles. The highest BCUT2D eigenvalue weighted by molar-refractivity contribution is 5.28. The van der Waals surface area contributed by atoms with E-state index in [4.69, 9.17) is 4.74 Å². The van der Waals surface area contributed by atoms with Crippen molar-refractivity contribution >= 4 is 0 Å². The average Bonchev–Trinajstić information content (AvgIpc) is 2.47. The lowest BCUT2D eigenvalue weighted by atomic mass is 9.61. The molecule has 0 heterocycles. The van der Waals surface area contributed by atoms with Crippen LogP contribution in [0.15, 0.2) is 24.3 Å². The van der Waals surface area contributed by atoms with E-state index in [1.165, 1.54) is 12.0 Å². The molecule has 0 aliphatic heterocycles. The number of benzene rings is 1. The first-order valence-electron chi connectivity index (χ1n) is 8.13. The predicted octanol–water partition coefficient (Wildman–Crippen LogP) is 4.18. The van der Waals surface area contributed by atoms with E-state index < -0.39 is 0 Å². The van der Waals surface area contributed by atoms with Gasteiger partial charge in [-0.3, -0.25) is 0 Å². The summed E-state index contributed by atoms with van der Waals surface area (Å²) < 4.78 is 6.23. The Bertz CT molecular complexity index is 414. The zero-order valence-electron chi connectivity index (χ0n) is 13.4. The molecule has 1 aliphatic rings. The summed E-state index contributed by atoms with van der Waals surface area (Å²) in [5, 5.41) is 3.59. The molecule has 20 heavy (non-hydrogen) atoms. The molecule has 1 aromatic carbocycles. The Morgan fingerprint density at radius 1 is 1.20 bits per heavy atom. The highest BCUT2D eigenvalue weighted by Crippen LogP contribution is 2.46. The van der Waals surface area contributed by atoms with Gasteiger partial charge in [0.05, 0.1) is 0 Å². The second-order valence-electron chi connectivity index (χ2n) is 6.21. The van der Waals surface area contributed by atoms with E-state index >= 15 is 0 Å². The molecule has 112 valence electrons. The fraction of sp³-hybridized carbons (Fsp3) is 0.667. The van der Waals surface area contributed by atoms with Crippen LogP contribution in [0.1, 0.15) is 52.5 Å². The van der Waals surface area contributed by atoms with Crippen LogP contribution in [0.3, 0.4) is 0 Å². The average molecular weight is 275 g/mol. The van der Waals surface area contributed by atoms with E-state index in [0.717, 1.165) is 31.6 Å². The Morgan fingerprint density at radius 3 is 2.45 bits per heavy atom. The van der Waals surface area contributed by atoms with Crippen molar-refractivity contribution in [3.05, 3.63) is 29.8 Å². The number of nitrogens with one attached hydrogen (secondary N) is 1. The van der Waals surface area contributed by atoms with Crippen LogP contribution in [0.25, 0.3) is 0 Å². The molecule has 2 heteroatoms. The normalized spacial score (nSPS) is 29.0. The number of rotatable bonds is 7. The predicted molar refractivity (Wildman–Crippen MR) is 85.3 cm³/mol. The van der Waals surface area contributed by atoms with Gasteiger partial charge >= 0.3 is 0 Å². The molecule has 0 spiro atoms. The maximum atomic E-state index is 6.23. The standard InChI is InChI=1S/C18H29NO/c1-5-8-14-9-11-15(12-10-14)20-17-13-16(19-7-3)18(17,4)6-2/h9-12,16-17,19H,5-8,13H2,1-4H3. The first-order valence-corrected chi connectivity index (χ1v) is 8.13. The Morgan fingerprint density at radius 2 is 1.90 bits per heavy atom. The highest BCUT2D eigenvalue weighted by atomic mass is 16.5. The monoisotopic (exact) mass is 275 g/mol. The first kappa shape index (κ1) is 15.4. The van der Waals surface area contributed by atoms with Crippen molar-refractivity contribution in [3.8, 4) is 5.75 Å². The van der Waals surface area contributed by atoms with Gasteiger partial charge < -0.3 is 10.1 Å². The third-order valence-electron chi connectivity index (χ3n) is 4.93. The lowest BCUT2D eigenvalue weighted by molar-refractivity contribution is -0.0696. The van der Waals surface area contributed by atoms with Crippen molar-refractivity contribution < 1.29 is 4.74 Å². The number of aryl methyl sites for hydroxylation is 1. The van der Waals surface area contributed by atoms with Gasteiger partial charge in [-0.2, -0.15) is 0 Å². The van der Waals surface area contributed by atoms with Crippen LogP contribution in [0.4, 0.5) is 0 Å². The quantitative estimate of drug-likeness (QED) is 0.806. The van der Waals surface area contributed by atoms with Crippen LogP contribution < -0.4 is 10.1 Å². The Kier molecular flexibility index (Phi) is 5.09. The van der Waals surface area contributed by atoms with Crippen LogP contribution >= 0.6 is 0 Å². The van der Waals surface area contributed by atoms with Gasteiger partial charge in [0.2, 0.25) is 0 Å². The first-order chi connectivity index (χ1) is 9.63. The number of hydrogen-bond acceptors (Lipinski definition) is 2. The Balaban J connectivity index is 1.96. The molecule has 3 unspecified atom stereocenters. The van der Waals surface area contributed by atoms with Crippen LogP contribution in [0, 0.1) is 5.41 Å². The van der Waals surface area contributed by atoms with E-state index in [0.29, 0.717) is 12.1 Å². The molecule has 3 atom stereocenters. The Labute approximate surface area is 123 Å². The van der Waals surface area contributed by atoms with Crippen molar-refractivity contribution in [2.75, 3.05) is 6.54 Å². The summed E-state index contributed by atoms with van der Waals surface area (Å²) in [4.78, 5) is 0. The molecular formula is C18H29NO. The van der Waals surface area contributed by atoms with E-state index in [1.807, 2.05) is 0 Å². The maximum absolute atomic E-state index is 6.23. The fourth-order valence-corrected chi connectivity index (χ4v) is 3.22.